The SMILES string of the molecule is C=CCOC(=O)c1cncc(Br)c1. The minimum Gasteiger partial charge on any atom is -0.458 e. The molecule has 0 radical (unpaired) electrons. The van der Waals surface area contributed by atoms with Gasteiger partial charge in [0, 0.05) is 16.9 Å². The number of esters is 1. The van der Waals surface area contributed by atoms with Crippen molar-refractivity contribution in [3.8, 4) is 0 Å². The molecule has 13 heavy (non-hydrogen) atoms. The number of hydrogen-bond donors (Lipinski definition) is 0. The zero-order chi connectivity index (χ0) is 9.68. The van der Waals surface area contributed by atoms with Gasteiger partial charge in [-0.2, -0.15) is 0 Å². The van der Waals surface area contributed by atoms with Gasteiger partial charge in [0.05, 0.1) is 5.56 Å². The first-order valence-electron chi connectivity index (χ1n) is 3.62. The summed E-state index contributed by atoms with van der Waals surface area (Å²) in [4.78, 5) is 15.1. The molecule has 1 heterocycles. The summed E-state index contributed by atoms with van der Waals surface area (Å²) in [6, 6.07) is 1.65. The number of aromatic nitrogens is 1. The van der Waals surface area contributed by atoms with Crippen LogP contribution >= 0.6 is 15.9 Å². The fourth-order valence-electron chi connectivity index (χ4n) is 0.741. The molecular formula is C9H8BrNO2. The highest BCUT2D eigenvalue weighted by atomic mass is 79.9. The molecule has 0 fully saturated rings. The first kappa shape index (κ1) is 9.92. The molecule has 0 unspecified atom stereocenters. The van der Waals surface area contributed by atoms with Crippen molar-refractivity contribution in [1.82, 2.24) is 4.98 Å². The monoisotopic (exact) mass is 241 g/mol. The molecule has 0 aromatic carbocycles. The summed E-state index contributed by atoms with van der Waals surface area (Å²) < 4.78 is 5.56. The van der Waals surface area contributed by atoms with E-state index in [-0.39, 0.29) is 6.61 Å². The predicted octanol–water partition coefficient (Wildman–Crippen LogP) is 2.19. The lowest BCUT2D eigenvalue weighted by Crippen LogP contribution is -2.05. The fourth-order valence-corrected chi connectivity index (χ4v) is 1.11. The molecule has 68 valence electrons. The molecule has 0 spiro atoms. The predicted molar refractivity (Wildman–Crippen MR) is 52.4 cm³/mol. The summed E-state index contributed by atoms with van der Waals surface area (Å²) in [6.07, 6.45) is 4.57. The second kappa shape index (κ2) is 4.77. The molecule has 0 saturated carbocycles. The van der Waals surface area contributed by atoms with Crippen LogP contribution in [-0.4, -0.2) is 17.6 Å². The number of carbonyl (C=O) groups is 1. The van der Waals surface area contributed by atoms with E-state index in [1.807, 2.05) is 0 Å². The van der Waals surface area contributed by atoms with E-state index in [1.165, 1.54) is 12.3 Å². The quantitative estimate of drug-likeness (QED) is 0.602. The molecule has 0 bridgehead atoms. The van der Waals surface area contributed by atoms with E-state index in [4.69, 9.17) is 4.74 Å². The Hall–Kier alpha value is -1.16. The molecule has 0 aliphatic carbocycles. The molecule has 0 aliphatic heterocycles. The van der Waals surface area contributed by atoms with Crippen molar-refractivity contribution in [2.75, 3.05) is 6.61 Å². The van der Waals surface area contributed by atoms with Crippen LogP contribution in [0.15, 0.2) is 35.6 Å². The summed E-state index contributed by atoms with van der Waals surface area (Å²) in [7, 11) is 0. The molecule has 1 aromatic heterocycles. The summed E-state index contributed by atoms with van der Waals surface area (Å²) in [5.41, 5.74) is 0.427. The van der Waals surface area contributed by atoms with Crippen LogP contribution in [0.5, 0.6) is 0 Å². The normalized spacial score (nSPS) is 9.31. The van der Waals surface area contributed by atoms with Crippen LogP contribution in [0.25, 0.3) is 0 Å². The van der Waals surface area contributed by atoms with Gasteiger partial charge in [0.1, 0.15) is 6.61 Å². The van der Waals surface area contributed by atoms with Crippen molar-refractivity contribution in [2.45, 2.75) is 0 Å². The van der Waals surface area contributed by atoms with E-state index in [2.05, 4.69) is 27.5 Å². The molecule has 0 atom stereocenters. The maximum Gasteiger partial charge on any atom is 0.340 e. The van der Waals surface area contributed by atoms with Crippen LogP contribution in [0.3, 0.4) is 0 Å². The maximum absolute atomic E-state index is 11.2. The molecule has 0 aliphatic rings. The number of pyridine rings is 1. The zero-order valence-corrected chi connectivity index (χ0v) is 8.45. The lowest BCUT2D eigenvalue weighted by atomic mass is 10.3. The molecule has 1 rings (SSSR count). The van der Waals surface area contributed by atoms with Gasteiger partial charge in [-0.3, -0.25) is 4.98 Å². The van der Waals surface area contributed by atoms with E-state index in [9.17, 15) is 4.79 Å². The lowest BCUT2D eigenvalue weighted by Gasteiger charge is -2.00. The van der Waals surface area contributed by atoms with Gasteiger partial charge in [-0.1, -0.05) is 12.7 Å². The Labute approximate surface area is 84.6 Å². The molecule has 0 saturated heterocycles. The Kier molecular flexibility index (Phi) is 3.64. The Morgan fingerprint density at radius 2 is 2.46 bits per heavy atom. The maximum atomic E-state index is 11.2. The smallest absolute Gasteiger partial charge is 0.340 e. The molecule has 1 aromatic rings. The minimum absolute atomic E-state index is 0.214. The number of nitrogens with zero attached hydrogens (tertiary/aromatic N) is 1. The van der Waals surface area contributed by atoms with E-state index < -0.39 is 5.97 Å². The number of carbonyl (C=O) groups excluding carboxylic acids is 1. The van der Waals surface area contributed by atoms with Gasteiger partial charge in [-0.05, 0) is 22.0 Å². The number of rotatable bonds is 3. The Morgan fingerprint density at radius 1 is 1.69 bits per heavy atom. The third-order valence-corrected chi connectivity index (χ3v) is 1.71. The first-order valence-corrected chi connectivity index (χ1v) is 4.42. The Bertz CT molecular complexity index is 325. The van der Waals surface area contributed by atoms with E-state index >= 15 is 0 Å². The van der Waals surface area contributed by atoms with E-state index in [1.54, 1.807) is 12.3 Å². The largest absolute Gasteiger partial charge is 0.458 e. The average molecular weight is 242 g/mol. The molecule has 4 heteroatoms. The van der Waals surface area contributed by atoms with Gasteiger partial charge >= 0.3 is 5.97 Å². The van der Waals surface area contributed by atoms with Crippen molar-refractivity contribution in [1.29, 1.82) is 0 Å². The summed E-state index contributed by atoms with van der Waals surface area (Å²) in [6.45, 7) is 3.66. The van der Waals surface area contributed by atoms with Gasteiger partial charge in [0.2, 0.25) is 0 Å². The van der Waals surface area contributed by atoms with Gasteiger partial charge in [0.15, 0.2) is 0 Å². The third-order valence-electron chi connectivity index (χ3n) is 1.27. The summed E-state index contributed by atoms with van der Waals surface area (Å²) in [5, 5.41) is 0. The zero-order valence-electron chi connectivity index (χ0n) is 6.87. The second-order valence-corrected chi connectivity index (χ2v) is 3.19. The van der Waals surface area contributed by atoms with Crippen LogP contribution < -0.4 is 0 Å². The highest BCUT2D eigenvalue weighted by Crippen LogP contribution is 2.10. The van der Waals surface area contributed by atoms with Crippen LogP contribution in [0.1, 0.15) is 10.4 Å². The van der Waals surface area contributed by atoms with E-state index in [0.29, 0.717) is 5.56 Å². The molecule has 3 nitrogen and oxygen atoms in total. The number of ether oxygens (including phenoxy) is 1. The third kappa shape index (κ3) is 2.99. The first-order chi connectivity index (χ1) is 6.24. The van der Waals surface area contributed by atoms with Crippen molar-refractivity contribution in [3.05, 3.63) is 41.2 Å². The molecule has 0 amide bonds. The molecule has 0 N–H and O–H groups in total. The van der Waals surface area contributed by atoms with Gasteiger partial charge < -0.3 is 4.74 Å². The summed E-state index contributed by atoms with van der Waals surface area (Å²) >= 11 is 3.21. The average Bonchev–Trinajstić information content (AvgIpc) is 2.14. The van der Waals surface area contributed by atoms with Crippen LogP contribution in [0.4, 0.5) is 0 Å². The van der Waals surface area contributed by atoms with Crippen molar-refractivity contribution in [2.24, 2.45) is 0 Å². The van der Waals surface area contributed by atoms with Gasteiger partial charge in [-0.15, -0.1) is 0 Å². The van der Waals surface area contributed by atoms with Crippen LogP contribution in [0, 0.1) is 0 Å². The Morgan fingerprint density at radius 3 is 3.08 bits per heavy atom. The summed E-state index contributed by atoms with van der Waals surface area (Å²) in [5.74, 6) is -0.395. The second-order valence-electron chi connectivity index (χ2n) is 2.28. The highest BCUT2D eigenvalue weighted by molar-refractivity contribution is 9.10. The topological polar surface area (TPSA) is 39.2 Å². The Balaban J connectivity index is 2.71. The van der Waals surface area contributed by atoms with E-state index in [0.717, 1.165) is 4.47 Å². The van der Waals surface area contributed by atoms with Gasteiger partial charge in [-0.25, -0.2) is 4.79 Å². The van der Waals surface area contributed by atoms with Crippen LogP contribution in [0.2, 0.25) is 0 Å². The standard InChI is InChI=1S/C9H8BrNO2/c1-2-3-13-9(12)7-4-8(10)6-11-5-7/h2,4-6H,1,3H2. The minimum atomic E-state index is -0.395. The highest BCUT2D eigenvalue weighted by Gasteiger charge is 2.06. The van der Waals surface area contributed by atoms with Crippen molar-refractivity contribution >= 4 is 21.9 Å². The van der Waals surface area contributed by atoms with Crippen LogP contribution in [-0.2, 0) is 4.74 Å². The van der Waals surface area contributed by atoms with Gasteiger partial charge in [0.25, 0.3) is 0 Å². The fraction of sp³-hybridized carbons (Fsp3) is 0.111. The number of halogens is 1. The van der Waals surface area contributed by atoms with Crippen molar-refractivity contribution in [3.63, 3.8) is 0 Å². The lowest BCUT2D eigenvalue weighted by molar-refractivity contribution is 0.0549. The number of hydrogen-bond acceptors (Lipinski definition) is 3. The molecular weight excluding hydrogens is 234 g/mol. The van der Waals surface area contributed by atoms with Crippen molar-refractivity contribution < 1.29 is 9.53 Å².